The van der Waals surface area contributed by atoms with Gasteiger partial charge in [0, 0.05) is 0 Å². The van der Waals surface area contributed by atoms with Crippen molar-refractivity contribution in [3.05, 3.63) is 0 Å². The summed E-state index contributed by atoms with van der Waals surface area (Å²) in [6.07, 6.45) is -0.644. The summed E-state index contributed by atoms with van der Waals surface area (Å²) in [5.74, 6) is -0.161. The Morgan fingerprint density at radius 1 is 0.941 bits per heavy atom. The highest BCUT2D eigenvalue weighted by Gasteiger charge is 2.30. The molecule has 0 spiro atoms. The van der Waals surface area contributed by atoms with E-state index in [-0.39, 0.29) is 24.2 Å². The van der Waals surface area contributed by atoms with Crippen molar-refractivity contribution in [1.29, 1.82) is 0 Å². The van der Waals surface area contributed by atoms with Crippen LogP contribution in [0.4, 0.5) is 0 Å². The van der Waals surface area contributed by atoms with Gasteiger partial charge >= 0.3 is 7.60 Å². The van der Waals surface area contributed by atoms with Crippen LogP contribution in [0.15, 0.2) is 0 Å². The van der Waals surface area contributed by atoms with Crippen molar-refractivity contribution in [1.82, 2.24) is 0 Å². The first kappa shape index (κ1) is 17.3. The zero-order valence-corrected chi connectivity index (χ0v) is 13.3. The molecule has 0 saturated heterocycles. The van der Waals surface area contributed by atoms with Gasteiger partial charge < -0.3 is 13.6 Å². The minimum atomic E-state index is -3.34. The molecule has 104 valence electrons. The molecular weight excluding hydrogens is 262 g/mol. The first-order valence-corrected chi connectivity index (χ1v) is 9.05. The lowest BCUT2D eigenvalue weighted by atomic mass is 10.5. The second-order valence-corrected chi connectivity index (χ2v) is 8.50. The van der Waals surface area contributed by atoms with Crippen LogP contribution in [-0.2, 0) is 22.7 Å². The van der Waals surface area contributed by atoms with Crippen molar-refractivity contribution in [2.45, 2.75) is 59.9 Å². The third-order valence-corrected chi connectivity index (χ3v) is 6.23. The summed E-state index contributed by atoms with van der Waals surface area (Å²) >= 11 is 0. The Morgan fingerprint density at radius 3 is 1.65 bits per heavy atom. The van der Waals surface area contributed by atoms with Crippen molar-refractivity contribution in [2.75, 3.05) is 5.90 Å². The fourth-order valence-electron chi connectivity index (χ4n) is 1.20. The maximum absolute atomic E-state index is 12.3. The fraction of sp³-hybridized carbons (Fsp3) is 1.00. The zero-order valence-electron chi connectivity index (χ0n) is 11.4. The third-order valence-electron chi connectivity index (χ3n) is 1.43. The van der Waals surface area contributed by atoms with Gasteiger partial charge in [0.1, 0.15) is 5.90 Å². The van der Waals surface area contributed by atoms with Crippen LogP contribution in [0.5, 0.6) is 0 Å². The second-order valence-electron chi connectivity index (χ2n) is 4.62. The van der Waals surface area contributed by atoms with Gasteiger partial charge in [-0.2, -0.15) is 0 Å². The minimum Gasteiger partial charge on any atom is -0.327 e. The molecule has 0 aromatic carbocycles. The van der Waals surface area contributed by atoms with E-state index in [2.05, 4.69) is 0 Å². The zero-order chi connectivity index (χ0) is 13.6. The smallest absolute Gasteiger partial charge is 0.327 e. The molecule has 0 aliphatic heterocycles. The molecule has 0 saturated carbocycles. The van der Waals surface area contributed by atoms with E-state index in [1.165, 1.54) is 0 Å². The largest absolute Gasteiger partial charge is 0.340 e. The quantitative estimate of drug-likeness (QED) is 0.633. The maximum Gasteiger partial charge on any atom is 0.340 e. The van der Waals surface area contributed by atoms with Gasteiger partial charge in [-0.15, -0.1) is 0 Å². The van der Waals surface area contributed by atoms with Crippen molar-refractivity contribution >= 4 is 15.6 Å². The molecule has 0 aromatic heterocycles. The summed E-state index contributed by atoms with van der Waals surface area (Å²) in [7, 11) is -5.74. The van der Waals surface area contributed by atoms with Gasteiger partial charge in [0.15, 0.2) is 0 Å². The van der Waals surface area contributed by atoms with Gasteiger partial charge in [0.25, 0.3) is 0 Å². The Morgan fingerprint density at radius 2 is 1.35 bits per heavy atom. The summed E-state index contributed by atoms with van der Waals surface area (Å²) in [6, 6.07) is 0. The summed E-state index contributed by atoms with van der Waals surface area (Å²) in [6.45, 7) is 10.6. The van der Waals surface area contributed by atoms with E-state index in [1.807, 2.05) is 0 Å². The van der Waals surface area contributed by atoms with Crippen molar-refractivity contribution in [3.63, 3.8) is 0 Å². The van der Waals surface area contributed by atoms with Crippen molar-refractivity contribution in [2.24, 2.45) is 0 Å². The molecule has 0 rings (SSSR count). The van der Waals surface area contributed by atoms with Crippen LogP contribution < -0.4 is 0 Å². The normalized spacial score (nSPS) is 14.9. The van der Waals surface area contributed by atoms with Crippen LogP contribution >= 0.6 is 15.6 Å². The van der Waals surface area contributed by atoms with E-state index in [9.17, 15) is 9.13 Å². The molecule has 0 aliphatic rings. The predicted molar refractivity (Wildman–Crippen MR) is 70.1 cm³/mol. The molecule has 7 heteroatoms. The first-order chi connectivity index (χ1) is 7.64. The first-order valence-electron chi connectivity index (χ1n) is 5.80. The standard InChI is InChI=1S/C10H24O5P2/c1-8(2)13-16(11)7-17(12,14-9(3)4)15-10(5)6/h8-10,16H,7H2,1-6H3. The summed E-state index contributed by atoms with van der Waals surface area (Å²) < 4.78 is 39.7. The molecule has 0 aromatic rings. The molecule has 0 fully saturated rings. The lowest BCUT2D eigenvalue weighted by Gasteiger charge is -2.22. The molecule has 1 atom stereocenters. The molecule has 0 heterocycles. The van der Waals surface area contributed by atoms with Gasteiger partial charge in [0.2, 0.25) is 8.03 Å². The summed E-state index contributed by atoms with van der Waals surface area (Å²) in [5, 5.41) is 0. The Kier molecular flexibility index (Phi) is 7.86. The molecule has 0 aliphatic carbocycles. The molecule has 0 radical (unpaired) electrons. The molecule has 0 bridgehead atoms. The number of hydrogen-bond acceptors (Lipinski definition) is 5. The topological polar surface area (TPSA) is 61.8 Å². The highest BCUT2D eigenvalue weighted by atomic mass is 31.2. The van der Waals surface area contributed by atoms with Crippen LogP contribution in [0.25, 0.3) is 0 Å². The lowest BCUT2D eigenvalue weighted by Crippen LogP contribution is -2.10. The van der Waals surface area contributed by atoms with Crippen LogP contribution in [-0.4, -0.2) is 24.2 Å². The van der Waals surface area contributed by atoms with E-state index in [4.69, 9.17) is 13.6 Å². The number of rotatable bonds is 8. The maximum atomic E-state index is 12.3. The summed E-state index contributed by atoms with van der Waals surface area (Å²) in [4.78, 5) is 0. The van der Waals surface area contributed by atoms with E-state index in [0.717, 1.165) is 0 Å². The average Bonchev–Trinajstić information content (AvgIpc) is 1.95. The predicted octanol–water partition coefficient (Wildman–Crippen LogP) is 3.89. The SMILES string of the molecule is CC(C)O[PH](=O)CP(=O)(OC(C)C)OC(C)C. The van der Waals surface area contributed by atoms with E-state index in [1.54, 1.807) is 41.5 Å². The molecule has 17 heavy (non-hydrogen) atoms. The van der Waals surface area contributed by atoms with Crippen LogP contribution in [0.2, 0.25) is 0 Å². The lowest BCUT2D eigenvalue weighted by molar-refractivity contribution is 0.144. The van der Waals surface area contributed by atoms with Crippen LogP contribution in [0, 0.1) is 0 Å². The Bertz CT molecular complexity index is 274. The Hall–Kier alpha value is 0.340. The fourth-order valence-corrected chi connectivity index (χ4v) is 5.22. The van der Waals surface area contributed by atoms with Crippen LogP contribution in [0.1, 0.15) is 41.5 Å². The second kappa shape index (κ2) is 7.70. The third kappa shape index (κ3) is 8.98. The molecular formula is C10H24O5P2. The molecule has 1 unspecified atom stereocenters. The van der Waals surface area contributed by atoms with Crippen molar-refractivity contribution < 1.29 is 22.7 Å². The molecule has 0 amide bonds. The Labute approximate surface area is 105 Å². The minimum absolute atomic E-state index is 0.159. The van der Waals surface area contributed by atoms with Gasteiger partial charge in [-0.05, 0) is 41.5 Å². The van der Waals surface area contributed by atoms with Gasteiger partial charge in [0.05, 0.1) is 18.3 Å². The monoisotopic (exact) mass is 286 g/mol. The van der Waals surface area contributed by atoms with Crippen molar-refractivity contribution in [3.8, 4) is 0 Å². The van der Waals surface area contributed by atoms with Gasteiger partial charge in [-0.3, -0.25) is 9.13 Å². The van der Waals surface area contributed by atoms with E-state index >= 15 is 0 Å². The highest BCUT2D eigenvalue weighted by Crippen LogP contribution is 2.56. The van der Waals surface area contributed by atoms with E-state index in [0.29, 0.717) is 0 Å². The Balaban J connectivity index is 4.58. The highest BCUT2D eigenvalue weighted by molar-refractivity contribution is 7.65. The number of hydrogen-bond donors (Lipinski definition) is 0. The van der Waals surface area contributed by atoms with Crippen LogP contribution in [0.3, 0.4) is 0 Å². The van der Waals surface area contributed by atoms with Gasteiger partial charge in [-0.25, -0.2) is 0 Å². The molecule has 5 nitrogen and oxygen atoms in total. The van der Waals surface area contributed by atoms with E-state index < -0.39 is 15.6 Å². The average molecular weight is 286 g/mol. The summed E-state index contributed by atoms with van der Waals surface area (Å²) in [5.41, 5.74) is 0. The van der Waals surface area contributed by atoms with Gasteiger partial charge in [-0.1, -0.05) is 0 Å². The molecule has 0 N–H and O–H groups in total.